The van der Waals surface area contributed by atoms with Crippen LogP contribution < -0.4 is 5.73 Å². The van der Waals surface area contributed by atoms with E-state index < -0.39 is 0 Å². The first kappa shape index (κ1) is 14.8. The molecule has 0 radical (unpaired) electrons. The van der Waals surface area contributed by atoms with Gasteiger partial charge in [0.25, 0.3) is 0 Å². The summed E-state index contributed by atoms with van der Waals surface area (Å²) in [4.78, 5) is 2.38. The molecule has 3 N–H and O–H groups in total. The Bertz CT molecular complexity index is 459. The zero-order valence-corrected chi connectivity index (χ0v) is 12.1. The summed E-state index contributed by atoms with van der Waals surface area (Å²) in [6, 6.07) is 10.3. The number of rotatable bonds is 4. The molecule has 0 saturated carbocycles. The van der Waals surface area contributed by atoms with Crippen LogP contribution in [0.3, 0.4) is 0 Å². The molecule has 2 rings (SSSR count). The third-order valence-corrected chi connectivity index (χ3v) is 3.80. The van der Waals surface area contributed by atoms with Crippen LogP contribution in [0.4, 0.5) is 0 Å². The highest BCUT2D eigenvalue weighted by atomic mass is 16.5. The van der Waals surface area contributed by atoms with Gasteiger partial charge in [-0.2, -0.15) is 0 Å². The van der Waals surface area contributed by atoms with Crippen LogP contribution in [0.25, 0.3) is 0 Å². The Morgan fingerprint density at radius 1 is 1.45 bits per heavy atom. The highest BCUT2D eigenvalue weighted by Crippen LogP contribution is 2.32. The van der Waals surface area contributed by atoms with Crippen molar-refractivity contribution in [2.75, 3.05) is 19.8 Å². The maximum Gasteiger partial charge on any atom is 0.141 e. The molecule has 1 aliphatic rings. The number of nitrogens with two attached hydrogens (primary N) is 1. The maximum absolute atomic E-state index is 8.88. The van der Waals surface area contributed by atoms with Crippen molar-refractivity contribution in [3.05, 3.63) is 35.9 Å². The summed E-state index contributed by atoms with van der Waals surface area (Å²) < 4.78 is 5.58. The summed E-state index contributed by atoms with van der Waals surface area (Å²) in [7, 11) is 0. The predicted molar refractivity (Wildman–Crippen MR) is 78.8 cm³/mol. The molecular weight excluding hydrogens is 254 g/mol. The minimum atomic E-state index is -0.0749. The fourth-order valence-electron chi connectivity index (χ4n) is 2.77. The first-order valence-electron chi connectivity index (χ1n) is 6.90. The van der Waals surface area contributed by atoms with E-state index in [1.54, 1.807) is 0 Å². The summed E-state index contributed by atoms with van der Waals surface area (Å²) in [6.07, 6.45) is 0.504. The molecule has 0 amide bonds. The molecule has 0 aromatic heterocycles. The van der Waals surface area contributed by atoms with Crippen LogP contribution >= 0.6 is 0 Å². The van der Waals surface area contributed by atoms with Gasteiger partial charge < -0.3 is 15.7 Å². The van der Waals surface area contributed by atoms with Crippen LogP contribution in [0.15, 0.2) is 35.5 Å². The first-order chi connectivity index (χ1) is 9.54. The van der Waals surface area contributed by atoms with Crippen molar-refractivity contribution in [2.45, 2.75) is 31.8 Å². The molecule has 1 unspecified atom stereocenters. The van der Waals surface area contributed by atoms with Gasteiger partial charge in [-0.05, 0) is 19.4 Å². The Kier molecular flexibility index (Phi) is 4.62. The molecule has 1 fully saturated rings. The topological polar surface area (TPSA) is 71.1 Å². The highest BCUT2D eigenvalue weighted by Gasteiger charge is 2.36. The zero-order valence-electron chi connectivity index (χ0n) is 12.1. The summed E-state index contributed by atoms with van der Waals surface area (Å²) in [6.45, 7) is 6.56. The molecule has 5 nitrogen and oxygen atoms in total. The van der Waals surface area contributed by atoms with Crippen molar-refractivity contribution in [3.8, 4) is 0 Å². The molecule has 1 aromatic rings. The van der Waals surface area contributed by atoms with Crippen LogP contribution in [-0.4, -0.2) is 41.2 Å². The van der Waals surface area contributed by atoms with Crippen LogP contribution in [-0.2, 0) is 4.74 Å². The normalized spacial score (nSPS) is 21.6. The molecule has 20 heavy (non-hydrogen) atoms. The fraction of sp³-hybridized carbons (Fsp3) is 0.533. The first-order valence-corrected chi connectivity index (χ1v) is 6.90. The lowest BCUT2D eigenvalue weighted by Crippen LogP contribution is -2.54. The fourth-order valence-corrected chi connectivity index (χ4v) is 2.77. The van der Waals surface area contributed by atoms with Gasteiger partial charge in [0, 0.05) is 24.5 Å². The molecule has 1 aliphatic heterocycles. The van der Waals surface area contributed by atoms with E-state index in [2.05, 4.69) is 36.0 Å². The molecule has 1 aromatic carbocycles. The smallest absolute Gasteiger partial charge is 0.141 e. The van der Waals surface area contributed by atoms with Crippen LogP contribution in [0.2, 0.25) is 0 Å². The SMILES string of the molecule is CC1(C)COCCN1C(CC(N)=NO)c1ccccc1. The van der Waals surface area contributed by atoms with Crippen LogP contribution in [0.5, 0.6) is 0 Å². The molecule has 0 bridgehead atoms. The maximum atomic E-state index is 8.88. The van der Waals surface area contributed by atoms with Gasteiger partial charge in [0.05, 0.1) is 13.2 Å². The lowest BCUT2D eigenvalue weighted by molar-refractivity contribution is -0.0718. The van der Waals surface area contributed by atoms with E-state index in [-0.39, 0.29) is 17.4 Å². The van der Waals surface area contributed by atoms with Gasteiger partial charge in [0.15, 0.2) is 0 Å². The standard InChI is InChI=1S/C15H23N3O2/c1-15(2)11-20-9-8-18(15)13(10-14(16)17-19)12-6-4-3-5-7-12/h3-7,13,19H,8-11H2,1-2H3,(H2,16,17). The highest BCUT2D eigenvalue weighted by molar-refractivity contribution is 5.80. The summed E-state index contributed by atoms with van der Waals surface area (Å²) >= 11 is 0. The summed E-state index contributed by atoms with van der Waals surface area (Å²) in [5.74, 6) is 0.251. The molecular formula is C15H23N3O2. The van der Waals surface area contributed by atoms with Crippen molar-refractivity contribution >= 4 is 5.84 Å². The minimum absolute atomic E-state index is 0.0749. The Morgan fingerprint density at radius 2 is 2.15 bits per heavy atom. The van der Waals surface area contributed by atoms with Crippen LogP contribution in [0, 0.1) is 0 Å². The summed E-state index contributed by atoms with van der Waals surface area (Å²) in [5, 5.41) is 12.0. The van der Waals surface area contributed by atoms with E-state index in [4.69, 9.17) is 15.7 Å². The quantitative estimate of drug-likeness (QED) is 0.382. The van der Waals surface area contributed by atoms with Gasteiger partial charge >= 0.3 is 0 Å². The van der Waals surface area contributed by atoms with Gasteiger partial charge in [0.2, 0.25) is 0 Å². The molecule has 110 valence electrons. The van der Waals surface area contributed by atoms with Gasteiger partial charge in [0.1, 0.15) is 5.84 Å². The number of hydrogen-bond donors (Lipinski definition) is 2. The van der Waals surface area contributed by atoms with Gasteiger partial charge in [-0.15, -0.1) is 0 Å². The Labute approximate surface area is 120 Å². The van der Waals surface area contributed by atoms with Crippen molar-refractivity contribution in [3.63, 3.8) is 0 Å². The molecule has 1 heterocycles. The largest absolute Gasteiger partial charge is 0.409 e. The number of morpholine rings is 1. The van der Waals surface area contributed by atoms with Crippen LogP contribution in [0.1, 0.15) is 31.9 Å². The minimum Gasteiger partial charge on any atom is -0.409 e. The van der Waals surface area contributed by atoms with Crippen molar-refractivity contribution < 1.29 is 9.94 Å². The van der Waals surface area contributed by atoms with Gasteiger partial charge in [-0.3, -0.25) is 4.90 Å². The number of ether oxygens (including phenoxy) is 1. The molecule has 5 heteroatoms. The zero-order chi connectivity index (χ0) is 14.6. The summed E-state index contributed by atoms with van der Waals surface area (Å²) in [5.41, 5.74) is 6.85. The number of nitrogens with zero attached hydrogens (tertiary/aromatic N) is 2. The van der Waals surface area contributed by atoms with E-state index in [9.17, 15) is 0 Å². The third kappa shape index (κ3) is 3.29. The van der Waals surface area contributed by atoms with E-state index >= 15 is 0 Å². The molecule has 1 saturated heterocycles. The second kappa shape index (κ2) is 6.24. The Hall–Kier alpha value is -1.59. The number of benzene rings is 1. The van der Waals surface area contributed by atoms with E-state index in [1.165, 1.54) is 5.56 Å². The predicted octanol–water partition coefficient (Wildman–Crippen LogP) is 1.97. The molecule has 0 aliphatic carbocycles. The Morgan fingerprint density at radius 3 is 2.75 bits per heavy atom. The number of oxime groups is 1. The van der Waals surface area contributed by atoms with E-state index in [0.29, 0.717) is 19.6 Å². The average molecular weight is 277 g/mol. The molecule has 1 atom stereocenters. The second-order valence-electron chi connectivity index (χ2n) is 5.78. The van der Waals surface area contributed by atoms with E-state index in [1.807, 2.05) is 18.2 Å². The van der Waals surface area contributed by atoms with Crippen molar-refractivity contribution in [1.29, 1.82) is 0 Å². The lowest BCUT2D eigenvalue weighted by Gasteiger charge is -2.46. The number of amidine groups is 1. The van der Waals surface area contributed by atoms with Crippen molar-refractivity contribution in [2.24, 2.45) is 10.9 Å². The average Bonchev–Trinajstić information content (AvgIpc) is 2.45. The second-order valence-corrected chi connectivity index (χ2v) is 5.78. The monoisotopic (exact) mass is 277 g/mol. The van der Waals surface area contributed by atoms with Gasteiger partial charge in [-0.25, -0.2) is 0 Å². The third-order valence-electron chi connectivity index (χ3n) is 3.80. The number of hydrogen-bond acceptors (Lipinski definition) is 4. The Balaban J connectivity index is 2.30. The molecule has 0 spiro atoms. The van der Waals surface area contributed by atoms with Crippen molar-refractivity contribution in [1.82, 2.24) is 4.90 Å². The lowest BCUT2D eigenvalue weighted by atomic mass is 9.93. The van der Waals surface area contributed by atoms with E-state index in [0.717, 1.165) is 6.54 Å². The van der Waals surface area contributed by atoms with Gasteiger partial charge in [-0.1, -0.05) is 35.5 Å².